The van der Waals surface area contributed by atoms with E-state index in [0.717, 1.165) is 5.57 Å². The SMILES string of the molecule is C=C(C)/C=C\C(=C)C(=C)/C=C(\C(=C)C)C(=O)OCC.CC.CC. The van der Waals surface area contributed by atoms with Crippen LogP contribution in [0.25, 0.3) is 0 Å². The Balaban J connectivity index is -0.000000919. The largest absolute Gasteiger partial charge is 0.462 e. The highest BCUT2D eigenvalue weighted by Crippen LogP contribution is 2.17. The lowest BCUT2D eigenvalue weighted by Gasteiger charge is -2.08. The quantitative estimate of drug-likeness (QED) is 0.310. The van der Waals surface area contributed by atoms with E-state index in [1.807, 2.05) is 46.8 Å². The Labute approximate surface area is 143 Å². The highest BCUT2D eigenvalue weighted by Gasteiger charge is 2.11. The minimum atomic E-state index is -0.396. The van der Waals surface area contributed by atoms with Crippen LogP contribution < -0.4 is 0 Å². The van der Waals surface area contributed by atoms with E-state index in [1.165, 1.54) is 0 Å². The fraction of sp³-hybridized carbons (Fsp3) is 0.381. The molecule has 0 saturated carbocycles. The zero-order chi connectivity index (χ0) is 19.0. The third-order valence-corrected chi connectivity index (χ3v) is 2.26. The molecule has 23 heavy (non-hydrogen) atoms. The van der Waals surface area contributed by atoms with Crippen molar-refractivity contribution < 1.29 is 9.53 Å². The number of allylic oxidation sites excluding steroid dienone is 6. The van der Waals surface area contributed by atoms with Gasteiger partial charge in [0.1, 0.15) is 0 Å². The van der Waals surface area contributed by atoms with Gasteiger partial charge < -0.3 is 4.74 Å². The van der Waals surface area contributed by atoms with E-state index in [2.05, 4.69) is 26.3 Å². The predicted molar refractivity (Wildman–Crippen MR) is 104 cm³/mol. The second-order valence-corrected chi connectivity index (χ2v) is 4.29. The Morgan fingerprint density at radius 1 is 0.913 bits per heavy atom. The normalized spacial score (nSPS) is 9.78. The standard InChI is InChI=1S/C17H22O2.2C2H6/c1-8-19-17(18)16(13(4)5)11-15(7)14(6)10-9-12(2)3;2*1-2/h9-11H,2,4,6-8H2,1,3,5H3;2*1-2H3/b10-9-,16-11+;;. The van der Waals surface area contributed by atoms with Gasteiger partial charge in [0, 0.05) is 0 Å². The van der Waals surface area contributed by atoms with Crippen LogP contribution in [-0.2, 0) is 9.53 Å². The Morgan fingerprint density at radius 3 is 1.74 bits per heavy atom. The van der Waals surface area contributed by atoms with Gasteiger partial charge in [-0.15, -0.1) is 0 Å². The molecule has 0 aromatic carbocycles. The van der Waals surface area contributed by atoms with E-state index in [0.29, 0.717) is 28.9 Å². The van der Waals surface area contributed by atoms with Crippen LogP contribution in [0.3, 0.4) is 0 Å². The fourth-order valence-electron chi connectivity index (χ4n) is 1.18. The van der Waals surface area contributed by atoms with Gasteiger partial charge in [0.05, 0.1) is 12.2 Å². The summed E-state index contributed by atoms with van der Waals surface area (Å²) in [4.78, 5) is 11.8. The summed E-state index contributed by atoms with van der Waals surface area (Å²) in [5.74, 6) is -0.396. The molecule has 130 valence electrons. The first-order chi connectivity index (χ1) is 10.8. The van der Waals surface area contributed by atoms with Crippen molar-refractivity contribution in [1.82, 2.24) is 0 Å². The second kappa shape index (κ2) is 16.3. The number of hydrogen-bond acceptors (Lipinski definition) is 2. The molecule has 2 nitrogen and oxygen atoms in total. The molecule has 0 aromatic heterocycles. The Morgan fingerprint density at radius 2 is 1.39 bits per heavy atom. The van der Waals surface area contributed by atoms with Gasteiger partial charge in [-0.1, -0.05) is 71.7 Å². The molecule has 0 bridgehead atoms. The lowest BCUT2D eigenvalue weighted by molar-refractivity contribution is -0.138. The lowest BCUT2D eigenvalue weighted by atomic mass is 10.0. The number of hydrogen-bond donors (Lipinski definition) is 0. The summed E-state index contributed by atoms with van der Waals surface area (Å²) in [6, 6.07) is 0. The molecule has 0 aliphatic rings. The molecule has 0 spiro atoms. The maximum Gasteiger partial charge on any atom is 0.338 e. The minimum Gasteiger partial charge on any atom is -0.462 e. The summed E-state index contributed by atoms with van der Waals surface area (Å²) in [5, 5.41) is 0. The van der Waals surface area contributed by atoms with E-state index >= 15 is 0 Å². The van der Waals surface area contributed by atoms with Crippen LogP contribution in [0.4, 0.5) is 0 Å². The van der Waals surface area contributed by atoms with E-state index in [-0.39, 0.29) is 0 Å². The molecule has 0 saturated heterocycles. The molecular formula is C21H34O2. The lowest BCUT2D eigenvalue weighted by Crippen LogP contribution is -2.08. The average molecular weight is 319 g/mol. The molecule has 0 rings (SSSR count). The van der Waals surface area contributed by atoms with Crippen molar-refractivity contribution in [2.45, 2.75) is 48.5 Å². The number of carbonyl (C=O) groups excluding carboxylic acids is 1. The Bertz CT molecular complexity index is 474. The van der Waals surface area contributed by atoms with Crippen LogP contribution in [0.2, 0.25) is 0 Å². The second-order valence-electron chi connectivity index (χ2n) is 4.29. The minimum absolute atomic E-state index is 0.326. The van der Waals surface area contributed by atoms with Crippen molar-refractivity contribution in [3.8, 4) is 0 Å². The molecule has 0 unspecified atom stereocenters. The van der Waals surface area contributed by atoms with Crippen molar-refractivity contribution in [1.29, 1.82) is 0 Å². The third kappa shape index (κ3) is 13.3. The summed E-state index contributed by atoms with van der Waals surface area (Å²) in [7, 11) is 0. The summed E-state index contributed by atoms with van der Waals surface area (Å²) in [5.41, 5.74) is 3.33. The highest BCUT2D eigenvalue weighted by atomic mass is 16.5. The average Bonchev–Trinajstić information content (AvgIpc) is 2.53. The van der Waals surface area contributed by atoms with Crippen molar-refractivity contribution in [3.05, 3.63) is 72.4 Å². The number of carbonyl (C=O) groups is 1. The van der Waals surface area contributed by atoms with Crippen LogP contribution in [0.15, 0.2) is 72.4 Å². The van der Waals surface area contributed by atoms with Gasteiger partial charge in [-0.3, -0.25) is 0 Å². The van der Waals surface area contributed by atoms with Crippen LogP contribution in [0.5, 0.6) is 0 Å². The van der Waals surface area contributed by atoms with Crippen LogP contribution in [0, 0.1) is 0 Å². The molecular weight excluding hydrogens is 284 g/mol. The van der Waals surface area contributed by atoms with Gasteiger partial charge >= 0.3 is 5.97 Å². The topological polar surface area (TPSA) is 26.3 Å². The van der Waals surface area contributed by atoms with E-state index in [1.54, 1.807) is 19.9 Å². The summed E-state index contributed by atoms with van der Waals surface area (Å²) >= 11 is 0. The first kappa shape index (κ1) is 25.8. The molecule has 0 aliphatic carbocycles. The first-order valence-electron chi connectivity index (χ1n) is 8.06. The van der Waals surface area contributed by atoms with Crippen molar-refractivity contribution in [3.63, 3.8) is 0 Å². The van der Waals surface area contributed by atoms with Gasteiger partial charge in [-0.05, 0) is 43.6 Å². The Kier molecular flexibility index (Phi) is 18.3. The molecule has 0 heterocycles. The smallest absolute Gasteiger partial charge is 0.338 e. The van der Waals surface area contributed by atoms with Crippen LogP contribution >= 0.6 is 0 Å². The van der Waals surface area contributed by atoms with Crippen molar-refractivity contribution in [2.24, 2.45) is 0 Å². The van der Waals surface area contributed by atoms with Crippen LogP contribution in [-0.4, -0.2) is 12.6 Å². The molecule has 0 amide bonds. The molecule has 0 aliphatic heterocycles. The molecule has 0 radical (unpaired) electrons. The molecule has 2 heteroatoms. The van der Waals surface area contributed by atoms with E-state index < -0.39 is 5.97 Å². The predicted octanol–water partition coefficient (Wildman–Crippen LogP) is 6.35. The zero-order valence-electron chi connectivity index (χ0n) is 16.1. The summed E-state index contributed by atoms with van der Waals surface area (Å²) < 4.78 is 4.97. The number of esters is 1. The molecule has 0 N–H and O–H groups in total. The van der Waals surface area contributed by atoms with Gasteiger partial charge in [0.2, 0.25) is 0 Å². The molecule has 0 fully saturated rings. The molecule has 0 aromatic rings. The Hall–Kier alpha value is -2.09. The van der Waals surface area contributed by atoms with E-state index in [9.17, 15) is 4.79 Å². The number of rotatable bonds is 7. The fourth-order valence-corrected chi connectivity index (χ4v) is 1.18. The maximum atomic E-state index is 11.8. The van der Waals surface area contributed by atoms with Gasteiger partial charge in [-0.25, -0.2) is 4.79 Å². The van der Waals surface area contributed by atoms with Gasteiger partial charge in [0.15, 0.2) is 0 Å². The maximum absolute atomic E-state index is 11.8. The third-order valence-electron chi connectivity index (χ3n) is 2.26. The van der Waals surface area contributed by atoms with Gasteiger partial charge in [0.25, 0.3) is 0 Å². The summed E-state index contributed by atoms with van der Waals surface area (Å²) in [6.07, 6.45) is 5.29. The van der Waals surface area contributed by atoms with Crippen molar-refractivity contribution >= 4 is 5.97 Å². The summed E-state index contributed by atoms with van der Waals surface area (Å²) in [6.45, 7) is 29.1. The highest BCUT2D eigenvalue weighted by molar-refractivity contribution is 5.93. The zero-order valence-corrected chi connectivity index (χ0v) is 16.1. The van der Waals surface area contributed by atoms with Crippen molar-refractivity contribution in [2.75, 3.05) is 6.61 Å². The van der Waals surface area contributed by atoms with Gasteiger partial charge in [-0.2, -0.15) is 0 Å². The monoisotopic (exact) mass is 318 g/mol. The molecule has 0 atom stereocenters. The van der Waals surface area contributed by atoms with Crippen LogP contribution in [0.1, 0.15) is 48.5 Å². The van der Waals surface area contributed by atoms with E-state index in [4.69, 9.17) is 4.74 Å². The number of ether oxygens (including phenoxy) is 1. The first-order valence-corrected chi connectivity index (χ1v) is 8.06.